The molecule has 0 unspecified atom stereocenters. The van der Waals surface area contributed by atoms with E-state index in [0.717, 1.165) is 5.56 Å². The summed E-state index contributed by atoms with van der Waals surface area (Å²) >= 11 is 0. The summed E-state index contributed by atoms with van der Waals surface area (Å²) in [5, 5.41) is 17.7. The van der Waals surface area contributed by atoms with Gasteiger partial charge in [-0.15, -0.1) is 0 Å². The highest BCUT2D eigenvalue weighted by atomic mass is 16.4. The van der Waals surface area contributed by atoms with Crippen LogP contribution in [0.15, 0.2) is 84.9 Å². The van der Waals surface area contributed by atoms with Crippen molar-refractivity contribution in [1.29, 1.82) is 0 Å². The summed E-state index contributed by atoms with van der Waals surface area (Å²) in [6.45, 7) is 0. The lowest BCUT2D eigenvalue weighted by atomic mass is 10.0. The number of carboxylic acids is 2. The number of anilines is 1. The lowest BCUT2D eigenvalue weighted by molar-refractivity contribution is -0.130. The van der Waals surface area contributed by atoms with Crippen LogP contribution in [0, 0.1) is 0 Å². The Hall–Kier alpha value is -3.86. The third kappa shape index (κ3) is 5.86. The number of nitrogens with two attached hydrogens (primary N) is 1. The number of hydrogen-bond donors (Lipinski definition) is 3. The average Bonchev–Trinajstić information content (AvgIpc) is 2.68. The second-order valence-electron chi connectivity index (χ2n) is 5.53. The van der Waals surface area contributed by atoms with Crippen molar-refractivity contribution in [3.63, 3.8) is 0 Å². The van der Waals surface area contributed by atoms with E-state index in [1.807, 2.05) is 48.5 Å². The third-order valence-corrected chi connectivity index (χ3v) is 3.62. The minimum Gasteiger partial charge on any atom is -0.478 e. The molecule has 5 nitrogen and oxygen atoms in total. The van der Waals surface area contributed by atoms with Crippen molar-refractivity contribution in [3.05, 3.63) is 102 Å². The Morgan fingerprint density at radius 2 is 1.26 bits per heavy atom. The molecule has 0 radical (unpaired) electrons. The van der Waals surface area contributed by atoms with Crippen LogP contribution in [-0.4, -0.2) is 22.2 Å². The van der Waals surface area contributed by atoms with Gasteiger partial charge in [-0.2, -0.15) is 0 Å². The van der Waals surface area contributed by atoms with Crippen molar-refractivity contribution in [2.45, 2.75) is 0 Å². The first kappa shape index (κ1) is 19.5. The number of nitrogen functional groups attached to an aromatic ring is 1. The number of carbonyl (C=O) groups is 2. The van der Waals surface area contributed by atoms with Crippen molar-refractivity contribution < 1.29 is 19.8 Å². The molecule has 3 aromatic carbocycles. The molecule has 3 aromatic rings. The van der Waals surface area contributed by atoms with E-state index in [1.165, 1.54) is 6.07 Å². The quantitative estimate of drug-likeness (QED) is 0.366. The molecule has 3 rings (SSSR count). The highest BCUT2D eigenvalue weighted by Gasteiger charge is 2.09. The van der Waals surface area contributed by atoms with Crippen LogP contribution >= 0.6 is 0 Å². The maximum absolute atomic E-state index is 11.2. The van der Waals surface area contributed by atoms with Crippen molar-refractivity contribution in [2.24, 2.45) is 0 Å². The summed E-state index contributed by atoms with van der Waals surface area (Å²) in [7, 11) is 0. The van der Waals surface area contributed by atoms with Crippen LogP contribution in [-0.2, 0) is 4.79 Å². The van der Waals surface area contributed by atoms with E-state index in [2.05, 4.69) is 0 Å². The van der Waals surface area contributed by atoms with E-state index in [0.29, 0.717) is 16.8 Å². The molecule has 0 amide bonds. The Labute approximate surface area is 157 Å². The normalized spacial score (nSPS) is 10.4. The Kier molecular flexibility index (Phi) is 6.91. The largest absolute Gasteiger partial charge is 0.478 e. The van der Waals surface area contributed by atoms with Gasteiger partial charge in [-0.25, -0.2) is 9.59 Å². The smallest absolute Gasteiger partial charge is 0.337 e. The summed E-state index contributed by atoms with van der Waals surface area (Å²) in [6.07, 6.45) is 1.68. The molecule has 0 atom stereocenters. The van der Waals surface area contributed by atoms with E-state index in [1.54, 1.807) is 36.4 Å². The molecule has 0 spiro atoms. The van der Waals surface area contributed by atoms with Gasteiger partial charge in [0.05, 0.1) is 11.1 Å². The van der Waals surface area contributed by atoms with E-state index >= 15 is 0 Å². The maximum Gasteiger partial charge on any atom is 0.337 e. The third-order valence-electron chi connectivity index (χ3n) is 3.62. The molecule has 0 bridgehead atoms. The van der Waals surface area contributed by atoms with Crippen molar-refractivity contribution in [3.8, 4) is 0 Å². The van der Waals surface area contributed by atoms with Gasteiger partial charge in [0.15, 0.2) is 0 Å². The molecule has 27 heavy (non-hydrogen) atoms. The molecule has 0 aliphatic carbocycles. The minimum atomic E-state index is -0.988. The van der Waals surface area contributed by atoms with Crippen LogP contribution < -0.4 is 5.73 Å². The number of aromatic carboxylic acids is 1. The van der Waals surface area contributed by atoms with Crippen LogP contribution in [0.5, 0.6) is 0 Å². The summed E-state index contributed by atoms with van der Waals surface area (Å²) in [5.41, 5.74) is 7.69. The Bertz CT molecular complexity index is 935. The van der Waals surface area contributed by atoms with Gasteiger partial charge >= 0.3 is 11.9 Å². The fourth-order valence-corrected chi connectivity index (χ4v) is 2.29. The molecule has 0 heterocycles. The highest BCUT2D eigenvalue weighted by Crippen LogP contribution is 2.18. The monoisotopic (exact) mass is 361 g/mol. The number of hydrogen-bond acceptors (Lipinski definition) is 3. The SMILES string of the molecule is Nc1ccccc1C(=O)O.O=C(O)C(=Cc1ccccc1)c1ccccc1. The van der Waals surface area contributed by atoms with Crippen LogP contribution in [0.2, 0.25) is 0 Å². The van der Waals surface area contributed by atoms with E-state index in [9.17, 15) is 14.7 Å². The zero-order valence-electron chi connectivity index (χ0n) is 14.4. The fourth-order valence-electron chi connectivity index (χ4n) is 2.29. The first-order valence-corrected chi connectivity index (χ1v) is 8.12. The molecule has 0 saturated heterocycles. The van der Waals surface area contributed by atoms with E-state index in [4.69, 9.17) is 10.8 Å². The van der Waals surface area contributed by atoms with Gasteiger partial charge in [0.25, 0.3) is 0 Å². The number of rotatable bonds is 4. The molecule has 0 fully saturated rings. The topological polar surface area (TPSA) is 101 Å². The molecule has 4 N–H and O–H groups in total. The van der Waals surface area contributed by atoms with Gasteiger partial charge in [0.2, 0.25) is 0 Å². The average molecular weight is 361 g/mol. The summed E-state index contributed by atoms with van der Waals surface area (Å²) < 4.78 is 0. The lowest BCUT2D eigenvalue weighted by Gasteiger charge is -2.02. The molecule has 136 valence electrons. The minimum absolute atomic E-state index is 0.155. The first-order valence-electron chi connectivity index (χ1n) is 8.12. The summed E-state index contributed by atoms with van der Waals surface area (Å²) in [5.74, 6) is -1.90. The predicted octanol–water partition coefficient (Wildman–Crippen LogP) is 4.28. The van der Waals surface area contributed by atoms with Crippen molar-refractivity contribution in [1.82, 2.24) is 0 Å². The zero-order valence-corrected chi connectivity index (χ0v) is 14.4. The van der Waals surface area contributed by atoms with Gasteiger partial charge in [0.1, 0.15) is 0 Å². The molecule has 0 aliphatic heterocycles. The molecule has 0 aliphatic rings. The van der Waals surface area contributed by atoms with Gasteiger partial charge in [-0.1, -0.05) is 72.8 Å². The molecular formula is C22H19NO4. The first-order chi connectivity index (χ1) is 13.0. The van der Waals surface area contributed by atoms with Gasteiger partial charge in [-0.05, 0) is 29.3 Å². The fraction of sp³-hybridized carbons (Fsp3) is 0. The van der Waals surface area contributed by atoms with Gasteiger partial charge < -0.3 is 15.9 Å². The number of benzene rings is 3. The van der Waals surface area contributed by atoms with Gasteiger partial charge in [0, 0.05) is 5.69 Å². The zero-order chi connectivity index (χ0) is 19.6. The van der Waals surface area contributed by atoms with Crippen LogP contribution in [0.25, 0.3) is 11.6 Å². The lowest BCUT2D eigenvalue weighted by Crippen LogP contribution is -2.00. The number of carboxylic acid groups (broad SMARTS) is 2. The van der Waals surface area contributed by atoms with E-state index < -0.39 is 11.9 Å². The molecule has 0 saturated carbocycles. The standard InChI is InChI=1S/C15H12O2.C7H7NO2/c16-15(17)14(13-9-5-2-6-10-13)11-12-7-3-1-4-8-12;8-6-4-2-1-3-5(6)7(9)10/h1-11H,(H,16,17);1-4H,8H2,(H,9,10). The Balaban J connectivity index is 0.000000223. The molecular weight excluding hydrogens is 342 g/mol. The predicted molar refractivity (Wildman–Crippen MR) is 106 cm³/mol. The maximum atomic E-state index is 11.2. The van der Waals surface area contributed by atoms with Crippen LogP contribution in [0.1, 0.15) is 21.5 Å². The molecule has 5 heteroatoms. The van der Waals surface area contributed by atoms with Gasteiger partial charge in [-0.3, -0.25) is 0 Å². The van der Waals surface area contributed by atoms with Crippen LogP contribution in [0.4, 0.5) is 5.69 Å². The molecule has 0 aromatic heterocycles. The summed E-state index contributed by atoms with van der Waals surface area (Å²) in [6, 6.07) is 24.9. The second-order valence-corrected chi connectivity index (χ2v) is 5.53. The van der Waals surface area contributed by atoms with E-state index in [-0.39, 0.29) is 5.56 Å². The number of aliphatic carboxylic acids is 1. The second kappa shape index (κ2) is 9.58. The van der Waals surface area contributed by atoms with Crippen LogP contribution in [0.3, 0.4) is 0 Å². The van der Waals surface area contributed by atoms with Crippen molar-refractivity contribution in [2.75, 3.05) is 5.73 Å². The highest BCUT2D eigenvalue weighted by molar-refractivity contribution is 6.20. The Morgan fingerprint density at radius 3 is 1.74 bits per heavy atom. The van der Waals surface area contributed by atoms with Crippen molar-refractivity contribution >= 4 is 29.3 Å². The summed E-state index contributed by atoms with van der Waals surface area (Å²) in [4.78, 5) is 21.6. The Morgan fingerprint density at radius 1 is 0.741 bits per heavy atom. The number of para-hydroxylation sites is 1.